The summed E-state index contributed by atoms with van der Waals surface area (Å²) in [6.45, 7) is 13.6. The van der Waals surface area contributed by atoms with Crippen LogP contribution < -0.4 is 0 Å². The predicted molar refractivity (Wildman–Crippen MR) is 264 cm³/mol. The highest BCUT2D eigenvalue weighted by Crippen LogP contribution is 2.55. The molecule has 2 nitrogen and oxygen atoms in total. The number of benzene rings is 12. The fourth-order valence-corrected chi connectivity index (χ4v) is 11.5. The average Bonchev–Trinajstić information content (AvgIpc) is 3.28. The molecule has 0 unspecified atom stereocenters. The van der Waals surface area contributed by atoms with E-state index in [0.29, 0.717) is 0 Å². The summed E-state index contributed by atoms with van der Waals surface area (Å²) in [6.07, 6.45) is 0. The Hall–Kier alpha value is -7.16. The Kier molecular flexibility index (Phi) is 6.35. The van der Waals surface area contributed by atoms with Crippen molar-refractivity contribution < 1.29 is 8.83 Å². The zero-order chi connectivity index (χ0) is 41.6. The van der Waals surface area contributed by atoms with Gasteiger partial charge in [-0.05, 0) is 145 Å². The number of rotatable bonds is 2. The molecular weight excluding hydrogens is 753 g/mol. The van der Waals surface area contributed by atoms with E-state index in [2.05, 4.69) is 187 Å². The number of hydrogen-bond acceptors (Lipinski definition) is 2. The van der Waals surface area contributed by atoms with Gasteiger partial charge in [-0.2, -0.15) is 0 Å². The number of hydrogen-bond donors (Lipinski definition) is 0. The maximum atomic E-state index is 7.16. The van der Waals surface area contributed by atoms with Gasteiger partial charge in [0.15, 0.2) is 0 Å². The van der Waals surface area contributed by atoms with Crippen molar-refractivity contribution >= 4 is 109 Å². The molecule has 2 aliphatic rings. The highest BCUT2D eigenvalue weighted by Gasteiger charge is 2.30. The summed E-state index contributed by atoms with van der Waals surface area (Å²) in [5, 5.41) is 19.7. The van der Waals surface area contributed by atoms with Crippen LogP contribution in [0.4, 0.5) is 0 Å². The summed E-state index contributed by atoms with van der Waals surface area (Å²) in [4.78, 5) is 0. The van der Waals surface area contributed by atoms with Crippen molar-refractivity contribution in [2.45, 2.75) is 52.4 Å². The Balaban J connectivity index is 1.06. The normalized spacial score (nSPS) is 13.3. The van der Waals surface area contributed by atoms with Gasteiger partial charge in [-0.25, -0.2) is 0 Å². The van der Waals surface area contributed by atoms with Crippen molar-refractivity contribution in [3.05, 3.63) is 157 Å². The van der Waals surface area contributed by atoms with E-state index in [1.807, 2.05) is 0 Å². The standard InChI is InChI=1S/C60H42O2/c1-59(2,3)33-17-13-31(14-18-33)35-21-23-43-45-29-49-57-55-47(27-25-41(53(45)55)39-11-7-9-37(35)51(39)43)62-50-30-46-44-24-22-36(32-15-19-34(20-16-32)60(4,5)6)38-10-8-12-40(52(38)44)42-26-28-48(61-49)56(54(42)46)58(50)57/h7-30H,1-6H3. The summed E-state index contributed by atoms with van der Waals surface area (Å²) >= 11 is 0. The molecule has 2 aliphatic heterocycles. The van der Waals surface area contributed by atoms with E-state index in [0.717, 1.165) is 44.2 Å². The van der Waals surface area contributed by atoms with Crippen LogP contribution in [0.3, 0.4) is 0 Å². The first-order valence-electron chi connectivity index (χ1n) is 22.0. The van der Waals surface area contributed by atoms with E-state index >= 15 is 0 Å². The zero-order valence-electron chi connectivity index (χ0n) is 35.7. The van der Waals surface area contributed by atoms with Crippen LogP contribution in [0.5, 0.6) is 0 Å². The Morgan fingerprint density at radius 2 is 0.645 bits per heavy atom. The van der Waals surface area contributed by atoms with Gasteiger partial charge in [0, 0.05) is 32.7 Å². The molecule has 0 amide bonds. The van der Waals surface area contributed by atoms with Gasteiger partial charge in [0.2, 0.25) is 0 Å². The fourth-order valence-electron chi connectivity index (χ4n) is 11.5. The van der Waals surface area contributed by atoms with Crippen molar-refractivity contribution in [3.8, 4) is 33.4 Å². The molecule has 0 spiro atoms. The minimum Gasteiger partial charge on any atom is -0.456 e. The van der Waals surface area contributed by atoms with Crippen LogP contribution in [-0.2, 0) is 10.8 Å². The van der Waals surface area contributed by atoms with Crippen molar-refractivity contribution in [2.75, 3.05) is 0 Å². The van der Waals surface area contributed by atoms with E-state index in [-0.39, 0.29) is 10.8 Å². The van der Waals surface area contributed by atoms with Crippen LogP contribution in [0.1, 0.15) is 52.7 Å². The zero-order valence-corrected chi connectivity index (χ0v) is 35.7. The first-order valence-corrected chi connectivity index (χ1v) is 22.0. The molecule has 0 atom stereocenters. The monoisotopic (exact) mass is 794 g/mol. The topological polar surface area (TPSA) is 26.3 Å². The summed E-state index contributed by atoms with van der Waals surface area (Å²) in [6, 6.07) is 54.8. The Bertz CT molecular complexity index is 3850. The van der Waals surface area contributed by atoms with Crippen molar-refractivity contribution in [2.24, 2.45) is 0 Å². The van der Waals surface area contributed by atoms with Gasteiger partial charge in [-0.3, -0.25) is 0 Å². The third-order valence-corrected chi connectivity index (χ3v) is 14.5. The van der Waals surface area contributed by atoms with Crippen LogP contribution in [0, 0.1) is 0 Å². The van der Waals surface area contributed by atoms with Gasteiger partial charge in [-0.1, -0.05) is 151 Å². The van der Waals surface area contributed by atoms with Crippen LogP contribution in [-0.4, -0.2) is 0 Å². The van der Waals surface area contributed by atoms with Crippen molar-refractivity contribution in [1.29, 1.82) is 0 Å². The second kappa shape index (κ2) is 11.4. The number of fused-ring (bicyclic) bond motifs is 4. The molecule has 0 saturated heterocycles. The van der Waals surface area contributed by atoms with E-state index in [4.69, 9.17) is 8.83 Å². The highest BCUT2D eigenvalue weighted by atomic mass is 16.3. The molecule has 2 heterocycles. The van der Waals surface area contributed by atoms with Crippen LogP contribution in [0.25, 0.3) is 142 Å². The lowest BCUT2D eigenvalue weighted by atomic mass is 9.81. The molecule has 0 N–H and O–H groups in total. The molecule has 12 aromatic rings. The molecular formula is C60H42O2. The van der Waals surface area contributed by atoms with Gasteiger partial charge >= 0.3 is 0 Å². The molecule has 62 heavy (non-hydrogen) atoms. The largest absolute Gasteiger partial charge is 0.456 e. The third kappa shape index (κ3) is 4.34. The Morgan fingerprint density at radius 1 is 0.290 bits per heavy atom. The summed E-state index contributed by atoms with van der Waals surface area (Å²) in [5.74, 6) is 0. The minimum absolute atomic E-state index is 0.102. The first-order chi connectivity index (χ1) is 30.0. The van der Waals surface area contributed by atoms with Gasteiger partial charge in [0.25, 0.3) is 0 Å². The third-order valence-electron chi connectivity index (χ3n) is 14.5. The molecule has 0 bridgehead atoms. The SMILES string of the molecule is CC(C)(C)c1ccc(-c2ccc3c4cc5oc6ccc7c8cccc9c(-c%10ccc(C(C)(C)C)cc%10)ccc(c%10cc%11oc%12ccc(c%13cccc2c%133)c4c%12c5-c%11c6c7%10)c98)cc1. The average molecular weight is 795 g/mol. The summed E-state index contributed by atoms with van der Waals surface area (Å²) in [7, 11) is 0. The van der Waals surface area contributed by atoms with Crippen LogP contribution in [0.15, 0.2) is 154 Å². The molecule has 0 radical (unpaired) electrons. The molecule has 12 aromatic carbocycles. The van der Waals surface area contributed by atoms with E-state index in [1.54, 1.807) is 0 Å². The fraction of sp³-hybridized carbons (Fsp3) is 0.133. The molecule has 0 aliphatic carbocycles. The van der Waals surface area contributed by atoms with Gasteiger partial charge < -0.3 is 8.83 Å². The van der Waals surface area contributed by atoms with E-state index in [9.17, 15) is 0 Å². The minimum atomic E-state index is 0.102. The molecule has 2 heteroatoms. The van der Waals surface area contributed by atoms with Gasteiger partial charge in [0.1, 0.15) is 22.3 Å². The van der Waals surface area contributed by atoms with Crippen molar-refractivity contribution in [3.63, 3.8) is 0 Å². The van der Waals surface area contributed by atoms with Crippen LogP contribution in [0.2, 0.25) is 0 Å². The van der Waals surface area contributed by atoms with Crippen LogP contribution >= 0.6 is 0 Å². The predicted octanol–water partition coefficient (Wildman–Crippen LogP) is 17.8. The van der Waals surface area contributed by atoms with E-state index < -0.39 is 0 Å². The van der Waals surface area contributed by atoms with Gasteiger partial charge in [0.05, 0.1) is 0 Å². The smallest absolute Gasteiger partial charge is 0.136 e. The molecule has 0 fully saturated rings. The molecule has 0 saturated carbocycles. The maximum Gasteiger partial charge on any atom is 0.136 e. The summed E-state index contributed by atoms with van der Waals surface area (Å²) < 4.78 is 14.3. The Morgan fingerprint density at radius 3 is 1.05 bits per heavy atom. The second-order valence-corrected chi connectivity index (χ2v) is 20.0. The quantitative estimate of drug-likeness (QED) is 0.129. The molecule has 294 valence electrons. The molecule has 14 rings (SSSR count). The highest BCUT2D eigenvalue weighted by molar-refractivity contribution is 6.42. The maximum absolute atomic E-state index is 7.16. The summed E-state index contributed by atoms with van der Waals surface area (Å²) in [5.41, 5.74) is 13.7. The lowest BCUT2D eigenvalue weighted by Crippen LogP contribution is -2.10. The van der Waals surface area contributed by atoms with E-state index in [1.165, 1.54) is 109 Å². The van der Waals surface area contributed by atoms with Gasteiger partial charge in [-0.15, -0.1) is 0 Å². The second-order valence-electron chi connectivity index (χ2n) is 20.0. The first kappa shape index (κ1) is 34.5. The lowest BCUT2D eigenvalue weighted by molar-refractivity contribution is 0.590. The Labute approximate surface area is 358 Å². The molecule has 0 aromatic heterocycles. The lowest BCUT2D eigenvalue weighted by Gasteiger charge is -2.24. The van der Waals surface area contributed by atoms with Crippen molar-refractivity contribution in [1.82, 2.24) is 0 Å².